The van der Waals surface area contributed by atoms with Gasteiger partial charge in [0.2, 0.25) is 0 Å². The van der Waals surface area contributed by atoms with Gasteiger partial charge in [0.15, 0.2) is 0 Å². The molecule has 1 N–H and O–H groups in total. The molecule has 0 aliphatic carbocycles. The van der Waals surface area contributed by atoms with Crippen molar-refractivity contribution in [2.24, 2.45) is 0 Å². The fraction of sp³-hybridized carbons (Fsp3) is 0.571. The second-order valence-electron chi connectivity index (χ2n) is 8.42. The molecule has 0 unspecified atom stereocenters. The molecule has 1 atom stereocenters. The lowest BCUT2D eigenvalue weighted by atomic mass is 10.1. The van der Waals surface area contributed by atoms with E-state index in [-0.39, 0.29) is 19.4 Å². The largest absolute Gasteiger partial charge is 0.460 e. The van der Waals surface area contributed by atoms with E-state index in [0.29, 0.717) is 0 Å². The number of alkyl carbamates (subject to hydrolysis) is 1. The van der Waals surface area contributed by atoms with E-state index in [0.717, 1.165) is 5.56 Å². The second kappa shape index (κ2) is 10.1. The van der Waals surface area contributed by atoms with E-state index >= 15 is 0 Å². The molecule has 0 radical (unpaired) electrons. The van der Waals surface area contributed by atoms with Crippen molar-refractivity contribution in [1.29, 1.82) is 0 Å². The Kier molecular flexibility index (Phi) is 8.47. The lowest BCUT2D eigenvalue weighted by Gasteiger charge is -2.25. The van der Waals surface area contributed by atoms with Crippen LogP contribution >= 0.6 is 0 Å². The highest BCUT2D eigenvalue weighted by Gasteiger charge is 2.28. The minimum Gasteiger partial charge on any atom is -0.460 e. The fourth-order valence-electron chi connectivity index (χ4n) is 2.18. The van der Waals surface area contributed by atoms with Crippen molar-refractivity contribution >= 4 is 18.0 Å². The number of hydrogen-bond donors (Lipinski definition) is 1. The van der Waals surface area contributed by atoms with E-state index in [2.05, 4.69) is 5.32 Å². The first-order valence-corrected chi connectivity index (χ1v) is 9.28. The Morgan fingerprint density at radius 3 is 2.04 bits per heavy atom. The normalized spacial score (nSPS) is 12.6. The molecule has 0 heterocycles. The van der Waals surface area contributed by atoms with Crippen LogP contribution in [0.3, 0.4) is 0 Å². The number of carbonyl (C=O) groups is 3. The van der Waals surface area contributed by atoms with Crippen LogP contribution in [0.4, 0.5) is 4.79 Å². The van der Waals surface area contributed by atoms with Gasteiger partial charge in [-0.3, -0.25) is 4.79 Å². The Morgan fingerprint density at radius 1 is 0.929 bits per heavy atom. The smallest absolute Gasteiger partial charge is 0.408 e. The lowest BCUT2D eigenvalue weighted by Crippen LogP contribution is -2.44. The molecule has 0 saturated carbocycles. The van der Waals surface area contributed by atoms with Crippen molar-refractivity contribution in [1.82, 2.24) is 5.32 Å². The van der Waals surface area contributed by atoms with Crippen molar-refractivity contribution in [2.45, 2.75) is 78.2 Å². The molecule has 0 spiro atoms. The number of amides is 1. The highest BCUT2D eigenvalue weighted by molar-refractivity contribution is 5.82. The maximum absolute atomic E-state index is 12.4. The molecule has 0 aromatic heterocycles. The number of rotatable bonds is 7. The first-order valence-electron chi connectivity index (χ1n) is 9.28. The monoisotopic (exact) mass is 393 g/mol. The summed E-state index contributed by atoms with van der Waals surface area (Å²) in [5.74, 6) is -1.09. The molecular formula is C21H31NO6. The van der Waals surface area contributed by atoms with Crippen LogP contribution in [0.5, 0.6) is 0 Å². The van der Waals surface area contributed by atoms with E-state index in [9.17, 15) is 14.4 Å². The van der Waals surface area contributed by atoms with Gasteiger partial charge in [-0.25, -0.2) is 9.59 Å². The van der Waals surface area contributed by atoms with Crippen LogP contribution in [-0.2, 0) is 30.4 Å². The van der Waals surface area contributed by atoms with E-state index in [1.54, 1.807) is 41.5 Å². The van der Waals surface area contributed by atoms with E-state index in [1.807, 2.05) is 30.3 Å². The highest BCUT2D eigenvalue weighted by atomic mass is 16.6. The summed E-state index contributed by atoms with van der Waals surface area (Å²) in [4.78, 5) is 36.5. The summed E-state index contributed by atoms with van der Waals surface area (Å²) in [5.41, 5.74) is -0.530. The summed E-state index contributed by atoms with van der Waals surface area (Å²) in [5, 5.41) is 2.48. The minimum atomic E-state index is -1.02. The predicted molar refractivity (Wildman–Crippen MR) is 104 cm³/mol. The first-order chi connectivity index (χ1) is 12.9. The van der Waals surface area contributed by atoms with Gasteiger partial charge in [0.25, 0.3) is 0 Å². The lowest BCUT2D eigenvalue weighted by molar-refractivity contribution is -0.158. The first kappa shape index (κ1) is 23.5. The molecule has 28 heavy (non-hydrogen) atoms. The summed E-state index contributed by atoms with van der Waals surface area (Å²) in [6.45, 7) is 10.5. The summed E-state index contributed by atoms with van der Waals surface area (Å²) in [7, 11) is 0. The number of esters is 2. The van der Waals surface area contributed by atoms with Crippen molar-refractivity contribution in [3.05, 3.63) is 35.9 Å². The van der Waals surface area contributed by atoms with Gasteiger partial charge in [0.1, 0.15) is 23.9 Å². The summed E-state index contributed by atoms with van der Waals surface area (Å²) >= 11 is 0. The number of nitrogens with one attached hydrogen (secondary N) is 1. The Bertz CT molecular complexity index is 658. The van der Waals surface area contributed by atoms with Crippen LogP contribution in [0.25, 0.3) is 0 Å². The van der Waals surface area contributed by atoms with Crippen molar-refractivity contribution in [3.8, 4) is 0 Å². The van der Waals surface area contributed by atoms with Gasteiger partial charge in [-0.15, -0.1) is 0 Å². The van der Waals surface area contributed by atoms with Crippen LogP contribution < -0.4 is 5.32 Å². The molecule has 7 heteroatoms. The predicted octanol–water partition coefficient (Wildman–Crippen LogP) is 3.75. The molecule has 0 bridgehead atoms. The molecule has 0 saturated heterocycles. The fourth-order valence-corrected chi connectivity index (χ4v) is 2.18. The van der Waals surface area contributed by atoms with Gasteiger partial charge >= 0.3 is 18.0 Å². The van der Waals surface area contributed by atoms with Gasteiger partial charge in [-0.2, -0.15) is 0 Å². The Labute approximate surface area is 166 Å². The van der Waals surface area contributed by atoms with E-state index in [1.165, 1.54) is 0 Å². The molecule has 1 aromatic carbocycles. The minimum absolute atomic E-state index is 0.0415. The summed E-state index contributed by atoms with van der Waals surface area (Å²) < 4.78 is 15.7. The zero-order chi connectivity index (χ0) is 21.4. The number of benzene rings is 1. The Morgan fingerprint density at radius 2 is 1.50 bits per heavy atom. The van der Waals surface area contributed by atoms with Gasteiger partial charge in [0, 0.05) is 6.42 Å². The third-order valence-electron chi connectivity index (χ3n) is 3.25. The zero-order valence-electron chi connectivity index (χ0n) is 17.5. The second-order valence-corrected chi connectivity index (χ2v) is 8.42. The van der Waals surface area contributed by atoms with Gasteiger partial charge in [-0.05, 0) is 53.5 Å². The molecule has 0 aliphatic heterocycles. The van der Waals surface area contributed by atoms with Crippen molar-refractivity contribution < 1.29 is 28.6 Å². The average molecular weight is 393 g/mol. The van der Waals surface area contributed by atoms with Gasteiger partial charge in [-0.1, -0.05) is 30.3 Å². The van der Waals surface area contributed by atoms with E-state index in [4.69, 9.17) is 14.2 Å². The van der Waals surface area contributed by atoms with Crippen LogP contribution in [0.15, 0.2) is 30.3 Å². The van der Waals surface area contributed by atoms with Crippen molar-refractivity contribution in [3.63, 3.8) is 0 Å². The van der Waals surface area contributed by atoms with Gasteiger partial charge in [0.05, 0.1) is 0 Å². The quantitative estimate of drug-likeness (QED) is 0.560. The third kappa shape index (κ3) is 10.5. The number of ether oxygens (including phenoxy) is 3. The Hall–Kier alpha value is -2.57. The maximum atomic E-state index is 12.4. The molecular weight excluding hydrogens is 362 g/mol. The zero-order valence-corrected chi connectivity index (χ0v) is 17.5. The maximum Gasteiger partial charge on any atom is 0.408 e. The van der Waals surface area contributed by atoms with Crippen LogP contribution in [0, 0.1) is 0 Å². The topological polar surface area (TPSA) is 90.9 Å². The molecule has 1 rings (SSSR count). The van der Waals surface area contributed by atoms with Crippen LogP contribution in [0.2, 0.25) is 0 Å². The standard InChI is InChI=1S/C21H31NO6/c1-20(2,3)27-17(23)13-12-16(18(24)28-21(4,5)6)22-19(25)26-14-15-10-8-7-9-11-15/h7-11,16H,12-14H2,1-6H3,(H,22,25)/t16-/m1/s1. The van der Waals surface area contributed by atoms with Crippen LogP contribution in [0.1, 0.15) is 59.9 Å². The summed E-state index contributed by atoms with van der Waals surface area (Å²) in [6.07, 6.45) is -0.756. The Balaban J connectivity index is 2.67. The van der Waals surface area contributed by atoms with E-state index < -0.39 is 35.3 Å². The van der Waals surface area contributed by atoms with Crippen LogP contribution in [-0.4, -0.2) is 35.3 Å². The number of carbonyl (C=O) groups excluding carboxylic acids is 3. The number of hydrogen-bond acceptors (Lipinski definition) is 6. The van der Waals surface area contributed by atoms with Crippen molar-refractivity contribution in [2.75, 3.05) is 0 Å². The average Bonchev–Trinajstić information content (AvgIpc) is 2.54. The molecule has 0 fully saturated rings. The molecule has 7 nitrogen and oxygen atoms in total. The third-order valence-corrected chi connectivity index (χ3v) is 3.25. The molecule has 1 aromatic rings. The molecule has 1 amide bonds. The van der Waals surface area contributed by atoms with Gasteiger partial charge < -0.3 is 19.5 Å². The SMILES string of the molecule is CC(C)(C)OC(=O)CC[C@@H](NC(=O)OCc1ccccc1)C(=O)OC(C)(C)C. The molecule has 0 aliphatic rings. The summed E-state index contributed by atoms with van der Waals surface area (Å²) in [6, 6.07) is 8.15. The highest BCUT2D eigenvalue weighted by Crippen LogP contribution is 2.14. The molecule has 156 valence electrons.